The lowest BCUT2D eigenvalue weighted by molar-refractivity contribution is -0.122. The van der Waals surface area contributed by atoms with Gasteiger partial charge in [0.1, 0.15) is 0 Å². The summed E-state index contributed by atoms with van der Waals surface area (Å²) in [5.74, 6) is 0.708. The van der Waals surface area contributed by atoms with Crippen LogP contribution in [0.4, 0.5) is 0 Å². The molecule has 1 aliphatic rings. The van der Waals surface area contributed by atoms with Gasteiger partial charge in [-0.15, -0.1) is 0 Å². The Labute approximate surface area is 121 Å². The van der Waals surface area contributed by atoms with Crippen molar-refractivity contribution in [2.45, 2.75) is 25.9 Å². The minimum atomic E-state index is 0.115. The van der Waals surface area contributed by atoms with Crippen molar-refractivity contribution in [3.63, 3.8) is 0 Å². The Morgan fingerprint density at radius 1 is 1.35 bits per heavy atom. The first-order chi connectivity index (χ1) is 9.69. The van der Waals surface area contributed by atoms with Gasteiger partial charge in [-0.3, -0.25) is 9.69 Å². The molecule has 2 rings (SSSR count). The quantitative estimate of drug-likeness (QED) is 0.849. The van der Waals surface area contributed by atoms with E-state index < -0.39 is 0 Å². The molecule has 1 heterocycles. The van der Waals surface area contributed by atoms with Crippen molar-refractivity contribution in [2.75, 3.05) is 26.7 Å². The maximum absolute atomic E-state index is 12.0. The van der Waals surface area contributed by atoms with Gasteiger partial charge in [-0.1, -0.05) is 37.3 Å². The molecule has 4 nitrogen and oxygen atoms in total. The van der Waals surface area contributed by atoms with Crippen molar-refractivity contribution in [3.8, 4) is 0 Å². The summed E-state index contributed by atoms with van der Waals surface area (Å²) >= 11 is 0. The molecule has 1 amide bonds. The topological polar surface area (TPSA) is 44.4 Å². The van der Waals surface area contributed by atoms with E-state index in [0.29, 0.717) is 25.0 Å². The number of hydrogen-bond donors (Lipinski definition) is 2. The molecule has 1 aromatic carbocycles. The number of nitrogens with one attached hydrogen (secondary N) is 2. The fraction of sp³-hybridized carbons (Fsp3) is 0.562. The molecule has 0 aliphatic carbocycles. The Morgan fingerprint density at radius 3 is 2.75 bits per heavy atom. The average Bonchev–Trinajstić information content (AvgIpc) is 2.46. The van der Waals surface area contributed by atoms with E-state index in [1.807, 2.05) is 37.4 Å². The van der Waals surface area contributed by atoms with Gasteiger partial charge >= 0.3 is 0 Å². The maximum Gasteiger partial charge on any atom is 0.234 e. The molecular formula is C16H25N3O. The molecule has 20 heavy (non-hydrogen) atoms. The molecule has 110 valence electrons. The summed E-state index contributed by atoms with van der Waals surface area (Å²) in [6.45, 7) is 5.35. The van der Waals surface area contributed by atoms with Crippen molar-refractivity contribution >= 4 is 5.91 Å². The summed E-state index contributed by atoms with van der Waals surface area (Å²) in [6.07, 6.45) is 1.11. The zero-order valence-electron chi connectivity index (χ0n) is 12.4. The first-order valence-corrected chi connectivity index (χ1v) is 7.39. The first kappa shape index (κ1) is 15.0. The Hall–Kier alpha value is -1.39. The van der Waals surface area contributed by atoms with Gasteiger partial charge in [0, 0.05) is 25.7 Å². The van der Waals surface area contributed by atoms with E-state index in [1.54, 1.807) is 0 Å². The van der Waals surface area contributed by atoms with Gasteiger partial charge in [0.15, 0.2) is 0 Å². The Bertz CT molecular complexity index is 421. The van der Waals surface area contributed by atoms with Crippen molar-refractivity contribution in [1.82, 2.24) is 15.5 Å². The Balaban J connectivity index is 1.72. The number of nitrogens with zero attached hydrogens (tertiary/aromatic N) is 1. The molecule has 1 fully saturated rings. The average molecular weight is 275 g/mol. The van der Waals surface area contributed by atoms with Crippen molar-refractivity contribution in [1.29, 1.82) is 0 Å². The molecule has 0 aromatic heterocycles. The Kier molecular flexibility index (Phi) is 5.56. The van der Waals surface area contributed by atoms with E-state index in [2.05, 4.69) is 22.5 Å². The lowest BCUT2D eigenvalue weighted by atomic mass is 9.94. The SMILES string of the molecule is CNC1CCN(CC(=O)NCc2ccccc2)CC1C. The van der Waals surface area contributed by atoms with Gasteiger partial charge in [-0.05, 0) is 24.9 Å². The summed E-state index contributed by atoms with van der Waals surface area (Å²) in [7, 11) is 2.02. The van der Waals surface area contributed by atoms with E-state index in [1.165, 1.54) is 0 Å². The fourth-order valence-corrected chi connectivity index (χ4v) is 2.86. The fourth-order valence-electron chi connectivity index (χ4n) is 2.86. The highest BCUT2D eigenvalue weighted by molar-refractivity contribution is 5.78. The molecule has 2 N–H and O–H groups in total. The molecule has 0 radical (unpaired) electrons. The van der Waals surface area contributed by atoms with Crippen LogP contribution in [-0.4, -0.2) is 43.5 Å². The van der Waals surface area contributed by atoms with E-state index in [-0.39, 0.29) is 5.91 Å². The number of amides is 1. The molecule has 2 unspecified atom stereocenters. The molecule has 1 aliphatic heterocycles. The largest absolute Gasteiger partial charge is 0.351 e. The van der Waals surface area contributed by atoms with Crippen LogP contribution in [0.5, 0.6) is 0 Å². The predicted molar refractivity (Wildman–Crippen MR) is 81.4 cm³/mol. The number of hydrogen-bond acceptors (Lipinski definition) is 3. The molecule has 4 heteroatoms. The third-order valence-electron chi connectivity index (χ3n) is 4.06. The number of benzene rings is 1. The predicted octanol–water partition coefficient (Wildman–Crippen LogP) is 1.23. The number of piperidine rings is 1. The third kappa shape index (κ3) is 4.32. The molecule has 0 bridgehead atoms. The van der Waals surface area contributed by atoms with Crippen LogP contribution in [0.15, 0.2) is 30.3 Å². The monoisotopic (exact) mass is 275 g/mol. The summed E-state index contributed by atoms with van der Waals surface area (Å²) < 4.78 is 0. The van der Waals surface area contributed by atoms with Crippen LogP contribution in [-0.2, 0) is 11.3 Å². The van der Waals surface area contributed by atoms with Crippen LogP contribution in [0.3, 0.4) is 0 Å². The second kappa shape index (κ2) is 7.41. The second-order valence-electron chi connectivity index (χ2n) is 5.66. The molecular weight excluding hydrogens is 250 g/mol. The summed E-state index contributed by atoms with van der Waals surface area (Å²) in [6, 6.07) is 10.6. The number of carbonyl (C=O) groups excluding carboxylic acids is 1. The van der Waals surface area contributed by atoms with E-state index in [0.717, 1.165) is 25.1 Å². The van der Waals surface area contributed by atoms with E-state index in [4.69, 9.17) is 0 Å². The molecule has 1 aromatic rings. The van der Waals surface area contributed by atoms with Crippen LogP contribution >= 0.6 is 0 Å². The van der Waals surface area contributed by atoms with Gasteiger partial charge in [-0.25, -0.2) is 0 Å². The standard InChI is InChI=1S/C16H25N3O/c1-13-11-19(9-8-15(13)17-2)12-16(20)18-10-14-6-4-3-5-7-14/h3-7,13,15,17H,8-12H2,1-2H3,(H,18,20). The van der Waals surface area contributed by atoms with Crippen LogP contribution < -0.4 is 10.6 Å². The van der Waals surface area contributed by atoms with Gasteiger partial charge in [0.2, 0.25) is 5.91 Å². The van der Waals surface area contributed by atoms with Crippen molar-refractivity contribution < 1.29 is 4.79 Å². The number of likely N-dealkylation sites (tertiary alicyclic amines) is 1. The van der Waals surface area contributed by atoms with Gasteiger partial charge in [0.25, 0.3) is 0 Å². The van der Waals surface area contributed by atoms with Gasteiger partial charge in [-0.2, -0.15) is 0 Å². The molecule has 0 spiro atoms. The van der Waals surface area contributed by atoms with Crippen LogP contribution in [0.2, 0.25) is 0 Å². The summed E-state index contributed by atoms with van der Waals surface area (Å²) in [5.41, 5.74) is 1.14. The van der Waals surface area contributed by atoms with E-state index in [9.17, 15) is 4.79 Å². The van der Waals surface area contributed by atoms with Crippen LogP contribution in [0.1, 0.15) is 18.9 Å². The number of carbonyl (C=O) groups is 1. The molecule has 1 saturated heterocycles. The highest BCUT2D eigenvalue weighted by Crippen LogP contribution is 2.15. The van der Waals surface area contributed by atoms with Crippen molar-refractivity contribution in [2.24, 2.45) is 5.92 Å². The first-order valence-electron chi connectivity index (χ1n) is 7.39. The normalized spacial score (nSPS) is 23.5. The lowest BCUT2D eigenvalue weighted by Gasteiger charge is -2.36. The zero-order chi connectivity index (χ0) is 14.4. The van der Waals surface area contributed by atoms with Gasteiger partial charge in [0.05, 0.1) is 6.54 Å². The maximum atomic E-state index is 12.0. The summed E-state index contributed by atoms with van der Waals surface area (Å²) in [5, 5.41) is 6.34. The van der Waals surface area contributed by atoms with Crippen LogP contribution in [0, 0.1) is 5.92 Å². The lowest BCUT2D eigenvalue weighted by Crippen LogP contribution is -2.49. The zero-order valence-corrected chi connectivity index (χ0v) is 12.4. The summed E-state index contributed by atoms with van der Waals surface area (Å²) in [4.78, 5) is 14.2. The number of rotatable bonds is 5. The van der Waals surface area contributed by atoms with Crippen LogP contribution in [0.25, 0.3) is 0 Å². The van der Waals surface area contributed by atoms with Crippen molar-refractivity contribution in [3.05, 3.63) is 35.9 Å². The smallest absolute Gasteiger partial charge is 0.234 e. The molecule has 0 saturated carbocycles. The Morgan fingerprint density at radius 2 is 2.10 bits per heavy atom. The second-order valence-corrected chi connectivity index (χ2v) is 5.66. The molecule has 2 atom stereocenters. The van der Waals surface area contributed by atoms with Gasteiger partial charge < -0.3 is 10.6 Å². The highest BCUT2D eigenvalue weighted by atomic mass is 16.2. The van der Waals surface area contributed by atoms with E-state index >= 15 is 0 Å². The minimum absolute atomic E-state index is 0.115. The highest BCUT2D eigenvalue weighted by Gasteiger charge is 2.25. The third-order valence-corrected chi connectivity index (χ3v) is 4.06. The minimum Gasteiger partial charge on any atom is -0.351 e.